The quantitative estimate of drug-likeness (QED) is 0.505. The Bertz CT molecular complexity index is 1080. The fourth-order valence-electron chi connectivity index (χ4n) is 3.18. The van der Waals surface area contributed by atoms with Gasteiger partial charge in [0.25, 0.3) is 0 Å². The SMILES string of the molecule is FC(F)(F)c1ccccc1-n1cccc1CNc1cccc2cnccc12. The molecule has 136 valence electrons. The third-order valence-electron chi connectivity index (χ3n) is 4.44. The number of pyridine rings is 1. The van der Waals surface area contributed by atoms with Gasteiger partial charge in [-0.05, 0) is 36.4 Å². The molecule has 0 unspecified atom stereocenters. The number of fused-ring (bicyclic) bond motifs is 1. The number of para-hydroxylation sites is 1. The molecule has 1 N–H and O–H groups in total. The maximum atomic E-state index is 13.4. The molecule has 0 aliphatic carbocycles. The molecule has 0 aliphatic rings. The molecule has 0 radical (unpaired) electrons. The van der Waals surface area contributed by atoms with Gasteiger partial charge in [-0.25, -0.2) is 0 Å². The van der Waals surface area contributed by atoms with Crippen LogP contribution < -0.4 is 5.32 Å². The number of anilines is 1. The van der Waals surface area contributed by atoms with Crippen molar-refractivity contribution in [3.8, 4) is 5.69 Å². The van der Waals surface area contributed by atoms with Crippen LogP contribution in [0.2, 0.25) is 0 Å². The Labute approximate surface area is 154 Å². The van der Waals surface area contributed by atoms with E-state index in [1.54, 1.807) is 35.3 Å². The summed E-state index contributed by atoms with van der Waals surface area (Å²) < 4.78 is 41.7. The highest BCUT2D eigenvalue weighted by atomic mass is 19.4. The Balaban J connectivity index is 1.66. The number of benzene rings is 2. The van der Waals surface area contributed by atoms with E-state index in [0.717, 1.165) is 28.2 Å². The molecule has 6 heteroatoms. The predicted molar refractivity (Wildman–Crippen MR) is 99.8 cm³/mol. The van der Waals surface area contributed by atoms with Crippen molar-refractivity contribution in [1.29, 1.82) is 0 Å². The van der Waals surface area contributed by atoms with Crippen LogP contribution in [0.3, 0.4) is 0 Å². The number of nitrogens with zero attached hydrogens (tertiary/aromatic N) is 2. The first-order valence-electron chi connectivity index (χ1n) is 8.43. The Morgan fingerprint density at radius 3 is 2.63 bits per heavy atom. The molecule has 0 fully saturated rings. The maximum Gasteiger partial charge on any atom is 0.418 e. The van der Waals surface area contributed by atoms with Gasteiger partial charge in [0.05, 0.1) is 17.8 Å². The van der Waals surface area contributed by atoms with Gasteiger partial charge >= 0.3 is 6.18 Å². The van der Waals surface area contributed by atoms with Gasteiger partial charge in [-0.15, -0.1) is 0 Å². The first-order chi connectivity index (χ1) is 13.0. The summed E-state index contributed by atoms with van der Waals surface area (Å²) in [6.45, 7) is 0.390. The van der Waals surface area contributed by atoms with Crippen LogP contribution in [0.15, 0.2) is 79.3 Å². The third-order valence-corrected chi connectivity index (χ3v) is 4.44. The lowest BCUT2D eigenvalue weighted by atomic mass is 10.1. The molecule has 0 atom stereocenters. The van der Waals surface area contributed by atoms with Crippen LogP contribution >= 0.6 is 0 Å². The molecule has 2 aromatic heterocycles. The van der Waals surface area contributed by atoms with Gasteiger partial charge in [0, 0.05) is 40.7 Å². The lowest BCUT2D eigenvalue weighted by Crippen LogP contribution is -2.13. The zero-order valence-electron chi connectivity index (χ0n) is 14.2. The van der Waals surface area contributed by atoms with Crippen LogP contribution in [0, 0.1) is 0 Å². The number of hydrogen-bond donors (Lipinski definition) is 1. The second kappa shape index (κ2) is 6.79. The number of alkyl halides is 3. The average molecular weight is 367 g/mol. The molecule has 0 saturated heterocycles. The Morgan fingerprint density at radius 2 is 1.78 bits per heavy atom. The number of halogens is 3. The third kappa shape index (κ3) is 3.38. The van der Waals surface area contributed by atoms with Crippen LogP contribution in [0.1, 0.15) is 11.3 Å². The second-order valence-corrected chi connectivity index (χ2v) is 6.14. The zero-order chi connectivity index (χ0) is 18.9. The highest BCUT2D eigenvalue weighted by Gasteiger charge is 2.33. The molecule has 27 heavy (non-hydrogen) atoms. The lowest BCUT2D eigenvalue weighted by Gasteiger charge is -2.17. The van der Waals surface area contributed by atoms with Crippen LogP contribution in [0.25, 0.3) is 16.5 Å². The number of hydrogen-bond acceptors (Lipinski definition) is 2. The molecule has 3 nitrogen and oxygen atoms in total. The van der Waals surface area contributed by atoms with Crippen LogP contribution in [-0.2, 0) is 12.7 Å². The van der Waals surface area contributed by atoms with E-state index < -0.39 is 11.7 Å². The van der Waals surface area contributed by atoms with E-state index in [2.05, 4.69) is 10.3 Å². The molecule has 4 aromatic rings. The molecule has 0 aliphatic heterocycles. The fourth-order valence-corrected chi connectivity index (χ4v) is 3.18. The van der Waals surface area contributed by atoms with Crippen LogP contribution in [0.4, 0.5) is 18.9 Å². The maximum absolute atomic E-state index is 13.4. The Hall–Kier alpha value is -3.28. The standard InChI is InChI=1S/C21H16F3N3/c22-21(23,24)18-7-1-2-9-20(18)27-12-4-6-16(27)14-26-19-8-3-5-15-13-25-11-10-17(15)19/h1-13,26H,14H2. The number of aromatic nitrogens is 2. The summed E-state index contributed by atoms with van der Waals surface area (Å²) >= 11 is 0. The molecule has 0 saturated carbocycles. The normalized spacial score (nSPS) is 11.7. The van der Waals surface area contributed by atoms with Crippen molar-refractivity contribution >= 4 is 16.5 Å². The monoisotopic (exact) mass is 367 g/mol. The van der Waals surface area contributed by atoms with Crippen molar-refractivity contribution in [3.63, 3.8) is 0 Å². The van der Waals surface area contributed by atoms with Crippen LogP contribution in [-0.4, -0.2) is 9.55 Å². The van der Waals surface area contributed by atoms with Gasteiger partial charge in [0.15, 0.2) is 0 Å². The molecule has 4 rings (SSSR count). The highest BCUT2D eigenvalue weighted by molar-refractivity contribution is 5.93. The largest absolute Gasteiger partial charge is 0.418 e. The minimum Gasteiger partial charge on any atom is -0.379 e. The molecule has 2 aromatic carbocycles. The van der Waals surface area contributed by atoms with Crippen LogP contribution in [0.5, 0.6) is 0 Å². The molecule has 0 spiro atoms. The van der Waals surface area contributed by atoms with Crippen molar-refractivity contribution < 1.29 is 13.2 Å². The number of rotatable bonds is 4. The molecular formula is C21H16F3N3. The summed E-state index contributed by atoms with van der Waals surface area (Å²) in [5.41, 5.74) is 1.11. The average Bonchev–Trinajstić information content (AvgIpc) is 3.14. The summed E-state index contributed by atoms with van der Waals surface area (Å²) in [4.78, 5) is 4.11. The summed E-state index contributed by atoms with van der Waals surface area (Å²) in [7, 11) is 0. The Morgan fingerprint density at radius 1 is 0.926 bits per heavy atom. The van der Waals surface area contributed by atoms with Crippen molar-refractivity contribution in [2.45, 2.75) is 12.7 Å². The topological polar surface area (TPSA) is 29.9 Å². The fraction of sp³-hybridized carbons (Fsp3) is 0.0952. The predicted octanol–water partition coefficient (Wildman–Crippen LogP) is 5.66. The van der Waals surface area contributed by atoms with E-state index in [0.29, 0.717) is 6.54 Å². The van der Waals surface area contributed by atoms with E-state index in [1.165, 1.54) is 12.1 Å². The summed E-state index contributed by atoms with van der Waals surface area (Å²) in [6.07, 6.45) is 0.737. The van der Waals surface area contributed by atoms with E-state index in [-0.39, 0.29) is 5.69 Å². The first-order valence-corrected chi connectivity index (χ1v) is 8.43. The Kier molecular flexibility index (Phi) is 4.32. The van der Waals surface area contributed by atoms with Crippen molar-refractivity contribution in [3.05, 3.63) is 90.5 Å². The van der Waals surface area contributed by atoms with E-state index >= 15 is 0 Å². The number of nitrogens with one attached hydrogen (secondary N) is 1. The van der Waals surface area contributed by atoms with Gasteiger partial charge in [-0.2, -0.15) is 13.2 Å². The van der Waals surface area contributed by atoms with Crippen molar-refractivity contribution in [1.82, 2.24) is 9.55 Å². The smallest absolute Gasteiger partial charge is 0.379 e. The second-order valence-electron chi connectivity index (χ2n) is 6.14. The minimum absolute atomic E-state index is 0.119. The van der Waals surface area contributed by atoms with E-state index in [9.17, 15) is 13.2 Å². The summed E-state index contributed by atoms with van der Waals surface area (Å²) in [6, 6.07) is 16.9. The van der Waals surface area contributed by atoms with E-state index in [1.807, 2.05) is 30.3 Å². The molecule has 2 heterocycles. The zero-order valence-corrected chi connectivity index (χ0v) is 14.2. The highest BCUT2D eigenvalue weighted by Crippen LogP contribution is 2.34. The van der Waals surface area contributed by atoms with Crippen molar-refractivity contribution in [2.75, 3.05) is 5.32 Å². The van der Waals surface area contributed by atoms with Crippen molar-refractivity contribution in [2.24, 2.45) is 0 Å². The summed E-state index contributed by atoms with van der Waals surface area (Å²) in [5.74, 6) is 0. The van der Waals surface area contributed by atoms with Gasteiger partial charge in [-0.3, -0.25) is 4.98 Å². The van der Waals surface area contributed by atoms with Gasteiger partial charge in [0.2, 0.25) is 0 Å². The van der Waals surface area contributed by atoms with Gasteiger partial charge < -0.3 is 9.88 Å². The lowest BCUT2D eigenvalue weighted by molar-refractivity contribution is -0.137. The molecule has 0 amide bonds. The van der Waals surface area contributed by atoms with Gasteiger partial charge in [-0.1, -0.05) is 24.3 Å². The summed E-state index contributed by atoms with van der Waals surface area (Å²) in [5, 5.41) is 5.34. The van der Waals surface area contributed by atoms with Gasteiger partial charge in [0.1, 0.15) is 0 Å². The first kappa shape index (κ1) is 17.1. The molecule has 0 bridgehead atoms. The minimum atomic E-state index is -4.41. The molecular weight excluding hydrogens is 351 g/mol. The van der Waals surface area contributed by atoms with E-state index in [4.69, 9.17) is 0 Å².